The molecular formula is C14H12N2O3S. The van der Waals surface area contributed by atoms with Gasteiger partial charge in [0.25, 0.3) is 5.56 Å². The van der Waals surface area contributed by atoms with E-state index >= 15 is 0 Å². The smallest absolute Gasteiger partial charge is 0.259 e. The number of hydrogen-bond donors (Lipinski definition) is 2. The molecule has 0 spiro atoms. The molecule has 2 N–H and O–H groups in total. The zero-order chi connectivity index (χ0) is 13.7. The lowest BCUT2D eigenvalue weighted by Gasteiger charge is -2.36. The van der Waals surface area contributed by atoms with Gasteiger partial charge in [0.05, 0.1) is 18.8 Å². The predicted molar refractivity (Wildman–Crippen MR) is 75.0 cm³/mol. The summed E-state index contributed by atoms with van der Waals surface area (Å²) in [5, 5.41) is 0. The highest BCUT2D eigenvalue weighted by Gasteiger charge is 2.39. The SMILES string of the molecule is O=c1[nH]c(=S)[nH]c2c1[C@H]1c3ccccc3OC[C@@H]1CO2. The zero-order valence-electron chi connectivity index (χ0n) is 10.5. The number of hydrogen-bond acceptors (Lipinski definition) is 4. The molecular weight excluding hydrogens is 276 g/mol. The van der Waals surface area contributed by atoms with Crippen LogP contribution in [0.1, 0.15) is 17.0 Å². The largest absolute Gasteiger partial charge is 0.493 e. The Bertz CT molecular complexity index is 795. The number of fused-ring (bicyclic) bond motifs is 5. The Hall–Kier alpha value is -2.08. The summed E-state index contributed by atoms with van der Waals surface area (Å²) in [6.07, 6.45) is 0. The summed E-state index contributed by atoms with van der Waals surface area (Å²) in [6.45, 7) is 1.07. The first-order valence-corrected chi connectivity index (χ1v) is 6.86. The number of para-hydroxylation sites is 1. The molecule has 0 radical (unpaired) electrons. The summed E-state index contributed by atoms with van der Waals surface area (Å²) in [4.78, 5) is 17.9. The van der Waals surface area contributed by atoms with Crippen LogP contribution in [0.2, 0.25) is 0 Å². The topological polar surface area (TPSA) is 67.1 Å². The molecule has 0 aliphatic carbocycles. The van der Waals surface area contributed by atoms with Crippen molar-refractivity contribution in [2.75, 3.05) is 13.2 Å². The molecule has 0 unspecified atom stereocenters. The van der Waals surface area contributed by atoms with E-state index in [0.717, 1.165) is 11.3 Å². The van der Waals surface area contributed by atoms with Crippen molar-refractivity contribution in [1.29, 1.82) is 0 Å². The number of H-pyrrole nitrogens is 2. The van der Waals surface area contributed by atoms with Crippen LogP contribution in [0.3, 0.4) is 0 Å². The van der Waals surface area contributed by atoms with E-state index in [1.165, 1.54) is 0 Å². The minimum Gasteiger partial charge on any atom is -0.493 e. The first-order chi connectivity index (χ1) is 9.74. The lowest BCUT2D eigenvalue weighted by Crippen LogP contribution is -2.38. The standard InChI is InChI=1S/C14H12N2O3S/c17-12-11-10-7(6-19-13(11)16-14(20)15-12)5-18-9-4-2-1-3-8(9)10/h1-4,7,10H,5-6H2,(H2,15,16,17,20)/t7-,10-/m1/s1. The third-order valence-corrected chi connectivity index (χ3v) is 4.08. The van der Waals surface area contributed by atoms with E-state index in [4.69, 9.17) is 21.7 Å². The summed E-state index contributed by atoms with van der Waals surface area (Å²) >= 11 is 4.99. The fourth-order valence-corrected chi connectivity index (χ4v) is 3.20. The number of aromatic nitrogens is 2. The lowest BCUT2D eigenvalue weighted by molar-refractivity contribution is 0.121. The number of nitrogens with one attached hydrogen (secondary N) is 2. The fourth-order valence-electron chi connectivity index (χ4n) is 3.01. The molecule has 102 valence electrons. The minimum absolute atomic E-state index is 0.0145. The summed E-state index contributed by atoms with van der Waals surface area (Å²) in [6, 6.07) is 7.82. The lowest BCUT2D eigenvalue weighted by atomic mass is 9.79. The van der Waals surface area contributed by atoms with Crippen LogP contribution < -0.4 is 15.0 Å². The van der Waals surface area contributed by atoms with Crippen molar-refractivity contribution < 1.29 is 9.47 Å². The average molecular weight is 288 g/mol. The molecule has 0 saturated heterocycles. The van der Waals surface area contributed by atoms with Crippen molar-refractivity contribution in [1.82, 2.24) is 9.97 Å². The van der Waals surface area contributed by atoms with Crippen LogP contribution in [0.4, 0.5) is 0 Å². The molecule has 0 fully saturated rings. The highest BCUT2D eigenvalue weighted by atomic mass is 32.1. The zero-order valence-corrected chi connectivity index (χ0v) is 11.3. The Kier molecular flexibility index (Phi) is 2.47. The van der Waals surface area contributed by atoms with Gasteiger partial charge >= 0.3 is 0 Å². The van der Waals surface area contributed by atoms with Crippen molar-refractivity contribution in [2.24, 2.45) is 5.92 Å². The Morgan fingerprint density at radius 1 is 1.15 bits per heavy atom. The van der Waals surface area contributed by atoms with Crippen LogP contribution in [0.25, 0.3) is 0 Å². The third kappa shape index (κ3) is 1.61. The van der Waals surface area contributed by atoms with Crippen LogP contribution in [0.5, 0.6) is 11.6 Å². The molecule has 2 aliphatic heterocycles. The Morgan fingerprint density at radius 2 is 1.95 bits per heavy atom. The van der Waals surface area contributed by atoms with E-state index in [1.54, 1.807) is 0 Å². The Morgan fingerprint density at radius 3 is 2.85 bits per heavy atom. The van der Waals surface area contributed by atoms with E-state index in [9.17, 15) is 4.79 Å². The van der Waals surface area contributed by atoms with Gasteiger partial charge < -0.3 is 14.5 Å². The highest BCUT2D eigenvalue weighted by Crippen LogP contribution is 2.44. The van der Waals surface area contributed by atoms with Gasteiger partial charge in [0.15, 0.2) is 4.77 Å². The maximum atomic E-state index is 12.3. The van der Waals surface area contributed by atoms with Crippen LogP contribution in [0, 0.1) is 10.7 Å². The van der Waals surface area contributed by atoms with E-state index < -0.39 is 0 Å². The summed E-state index contributed by atoms with van der Waals surface area (Å²) in [5.41, 5.74) is 1.46. The summed E-state index contributed by atoms with van der Waals surface area (Å²) < 4.78 is 11.7. The van der Waals surface area contributed by atoms with Gasteiger partial charge in [-0.15, -0.1) is 0 Å². The van der Waals surface area contributed by atoms with Gasteiger partial charge in [-0.1, -0.05) is 18.2 Å². The first kappa shape index (κ1) is 11.7. The van der Waals surface area contributed by atoms with Crippen LogP contribution in [-0.2, 0) is 0 Å². The molecule has 1 aromatic heterocycles. The van der Waals surface area contributed by atoms with E-state index in [1.807, 2.05) is 24.3 Å². The maximum Gasteiger partial charge on any atom is 0.259 e. The first-order valence-electron chi connectivity index (χ1n) is 6.45. The molecule has 2 aliphatic rings. The molecule has 4 rings (SSSR count). The van der Waals surface area contributed by atoms with Gasteiger partial charge in [-0.05, 0) is 18.3 Å². The van der Waals surface area contributed by atoms with E-state index in [2.05, 4.69) is 9.97 Å². The molecule has 20 heavy (non-hydrogen) atoms. The minimum atomic E-state index is -0.185. The number of rotatable bonds is 0. The van der Waals surface area contributed by atoms with E-state index in [-0.39, 0.29) is 22.2 Å². The number of aromatic amines is 2. The van der Waals surface area contributed by atoms with Gasteiger partial charge in [0, 0.05) is 17.4 Å². The molecule has 2 aromatic rings. The second-order valence-electron chi connectivity index (χ2n) is 5.05. The highest BCUT2D eigenvalue weighted by molar-refractivity contribution is 7.71. The van der Waals surface area contributed by atoms with Gasteiger partial charge in [0.1, 0.15) is 5.75 Å². The van der Waals surface area contributed by atoms with Gasteiger partial charge in [-0.3, -0.25) is 9.78 Å². The Labute approximate surface area is 119 Å². The fraction of sp³-hybridized carbons (Fsp3) is 0.286. The molecule has 5 nitrogen and oxygen atoms in total. The van der Waals surface area contributed by atoms with Crippen LogP contribution in [-0.4, -0.2) is 23.2 Å². The van der Waals surface area contributed by atoms with Crippen molar-refractivity contribution in [2.45, 2.75) is 5.92 Å². The molecule has 0 saturated carbocycles. The summed E-state index contributed by atoms with van der Waals surface area (Å²) in [7, 11) is 0. The normalized spacial score (nSPS) is 22.8. The monoisotopic (exact) mass is 288 g/mol. The van der Waals surface area contributed by atoms with Crippen LogP contribution in [0.15, 0.2) is 29.1 Å². The molecule has 6 heteroatoms. The third-order valence-electron chi connectivity index (χ3n) is 3.87. The van der Waals surface area contributed by atoms with Crippen molar-refractivity contribution in [3.05, 3.63) is 50.5 Å². The van der Waals surface area contributed by atoms with E-state index in [0.29, 0.717) is 24.7 Å². The summed E-state index contributed by atoms with van der Waals surface area (Å²) in [5.74, 6) is 1.45. The number of ether oxygens (including phenoxy) is 2. The van der Waals surface area contributed by atoms with Gasteiger partial charge in [-0.2, -0.15) is 0 Å². The van der Waals surface area contributed by atoms with Gasteiger partial charge in [-0.25, -0.2) is 0 Å². The van der Waals surface area contributed by atoms with Gasteiger partial charge in [0.2, 0.25) is 5.88 Å². The van der Waals surface area contributed by atoms with Crippen molar-refractivity contribution in [3.63, 3.8) is 0 Å². The molecule has 2 atom stereocenters. The molecule has 1 aromatic carbocycles. The Balaban J connectivity index is 1.99. The quantitative estimate of drug-likeness (QED) is 0.727. The second kappa shape index (κ2) is 4.21. The predicted octanol–water partition coefficient (Wildman–Crippen LogP) is 1.97. The van der Waals surface area contributed by atoms with Crippen molar-refractivity contribution in [3.8, 4) is 11.6 Å². The van der Waals surface area contributed by atoms with Crippen molar-refractivity contribution >= 4 is 12.2 Å². The van der Waals surface area contributed by atoms with Crippen LogP contribution >= 0.6 is 12.2 Å². The second-order valence-corrected chi connectivity index (χ2v) is 5.46. The molecule has 3 heterocycles. The molecule has 0 bridgehead atoms. The molecule has 0 amide bonds. The maximum absolute atomic E-state index is 12.3. The average Bonchev–Trinajstić information content (AvgIpc) is 2.46. The number of benzene rings is 1.